The second kappa shape index (κ2) is 5.92. The normalized spacial score (nSPS) is 18.4. The summed E-state index contributed by atoms with van der Waals surface area (Å²) < 4.78 is 22.0. The van der Waals surface area contributed by atoms with Crippen molar-refractivity contribution >= 4 is 5.78 Å². The average molecular weight is 353 g/mol. The highest BCUT2D eigenvalue weighted by atomic mass is 16.7. The predicted octanol–water partition coefficient (Wildman–Crippen LogP) is 2.56. The van der Waals surface area contributed by atoms with Crippen molar-refractivity contribution in [3.63, 3.8) is 0 Å². The van der Waals surface area contributed by atoms with E-state index < -0.39 is 0 Å². The van der Waals surface area contributed by atoms with Crippen molar-refractivity contribution in [1.82, 2.24) is 4.90 Å². The lowest BCUT2D eigenvalue weighted by molar-refractivity contribution is 0.0990. The van der Waals surface area contributed by atoms with Crippen LogP contribution in [0.1, 0.15) is 27.0 Å². The van der Waals surface area contributed by atoms with E-state index >= 15 is 0 Å². The molecule has 3 heterocycles. The molecule has 0 radical (unpaired) electrons. The van der Waals surface area contributed by atoms with E-state index in [2.05, 4.69) is 11.9 Å². The summed E-state index contributed by atoms with van der Waals surface area (Å²) in [7, 11) is 2.09. The summed E-state index contributed by atoms with van der Waals surface area (Å²) in [6.07, 6.45) is 1.11. The highest BCUT2D eigenvalue weighted by Crippen LogP contribution is 2.38. The summed E-state index contributed by atoms with van der Waals surface area (Å²) in [4.78, 5) is 15.3. The molecule has 0 unspecified atom stereocenters. The topological polar surface area (TPSA) is 57.2 Å². The van der Waals surface area contributed by atoms with Gasteiger partial charge in [-0.3, -0.25) is 4.79 Å². The number of hydrogen-bond acceptors (Lipinski definition) is 6. The number of hydrogen-bond donors (Lipinski definition) is 0. The van der Waals surface area contributed by atoms with Crippen molar-refractivity contribution in [1.29, 1.82) is 0 Å². The van der Waals surface area contributed by atoms with Gasteiger partial charge in [-0.05, 0) is 54.4 Å². The number of fused-ring (bicyclic) bond motifs is 4. The fraction of sp³-hybridized carbons (Fsp3) is 0.350. The Morgan fingerprint density at radius 1 is 0.808 bits per heavy atom. The standard InChI is InChI=1S/C20H19NO5/c1-21-3-2-12-5-17-20(26-11-23-17)8-15(12)16(22)4-13-6-18-19(25-10-24-18)7-14(13)9-21/h5-8H,2-4,9-11H2,1H3. The van der Waals surface area contributed by atoms with Gasteiger partial charge in [-0.2, -0.15) is 0 Å². The van der Waals surface area contributed by atoms with Crippen molar-refractivity contribution in [2.45, 2.75) is 19.4 Å². The van der Waals surface area contributed by atoms with E-state index in [1.165, 1.54) is 0 Å². The molecule has 0 aliphatic carbocycles. The number of carbonyl (C=O) groups is 1. The largest absolute Gasteiger partial charge is 0.454 e. The molecule has 0 amide bonds. The van der Waals surface area contributed by atoms with Gasteiger partial charge in [0.2, 0.25) is 13.6 Å². The SMILES string of the molecule is CN1CCc2cc3c(cc2C(=O)Cc2cc4c(cc2C1)OCO4)OCO3. The fourth-order valence-corrected chi connectivity index (χ4v) is 3.74. The highest BCUT2D eigenvalue weighted by Gasteiger charge is 2.25. The average Bonchev–Trinajstić information content (AvgIpc) is 3.26. The van der Waals surface area contributed by atoms with Crippen LogP contribution in [0.3, 0.4) is 0 Å². The van der Waals surface area contributed by atoms with Crippen molar-refractivity contribution in [2.24, 2.45) is 0 Å². The van der Waals surface area contributed by atoms with Gasteiger partial charge in [0.05, 0.1) is 0 Å². The van der Waals surface area contributed by atoms with Crippen molar-refractivity contribution in [2.75, 3.05) is 27.2 Å². The van der Waals surface area contributed by atoms with Crippen LogP contribution < -0.4 is 18.9 Å². The Labute approximate surface area is 151 Å². The summed E-state index contributed by atoms with van der Waals surface area (Å²) in [5, 5.41) is 0. The van der Waals surface area contributed by atoms with Crippen LogP contribution in [0.25, 0.3) is 0 Å². The molecular weight excluding hydrogens is 334 g/mol. The first-order chi connectivity index (χ1) is 12.7. The first-order valence-electron chi connectivity index (χ1n) is 8.73. The van der Waals surface area contributed by atoms with Gasteiger partial charge in [-0.1, -0.05) is 0 Å². The zero-order valence-corrected chi connectivity index (χ0v) is 14.5. The van der Waals surface area contributed by atoms with E-state index in [0.717, 1.165) is 47.7 Å². The Hall–Kier alpha value is -2.73. The summed E-state index contributed by atoms with van der Waals surface area (Å²) >= 11 is 0. The van der Waals surface area contributed by atoms with E-state index in [4.69, 9.17) is 18.9 Å². The third-order valence-electron chi connectivity index (χ3n) is 5.15. The molecule has 0 saturated heterocycles. The van der Waals surface area contributed by atoms with Crippen LogP contribution in [0.2, 0.25) is 0 Å². The van der Waals surface area contributed by atoms with Crippen molar-refractivity contribution in [3.05, 3.63) is 46.5 Å². The third kappa shape index (κ3) is 2.57. The molecule has 2 aromatic carbocycles. The Morgan fingerprint density at radius 3 is 2.08 bits per heavy atom. The number of rotatable bonds is 0. The van der Waals surface area contributed by atoms with E-state index in [0.29, 0.717) is 23.5 Å². The van der Waals surface area contributed by atoms with Gasteiger partial charge >= 0.3 is 0 Å². The van der Waals surface area contributed by atoms with Crippen molar-refractivity contribution in [3.8, 4) is 23.0 Å². The summed E-state index contributed by atoms with van der Waals surface area (Å²) in [5.41, 5.74) is 3.81. The van der Waals surface area contributed by atoms with Gasteiger partial charge in [-0.15, -0.1) is 0 Å². The second-order valence-electron chi connectivity index (χ2n) is 6.92. The van der Waals surface area contributed by atoms with Crippen LogP contribution in [0, 0.1) is 0 Å². The Kier molecular flexibility index (Phi) is 3.53. The van der Waals surface area contributed by atoms with Crippen LogP contribution in [-0.2, 0) is 19.4 Å². The van der Waals surface area contributed by atoms with E-state index in [1.807, 2.05) is 24.3 Å². The molecule has 0 bridgehead atoms. The lowest BCUT2D eigenvalue weighted by Gasteiger charge is -2.22. The molecule has 0 atom stereocenters. The second-order valence-corrected chi connectivity index (χ2v) is 6.92. The molecule has 6 nitrogen and oxygen atoms in total. The quantitative estimate of drug-likeness (QED) is 0.726. The summed E-state index contributed by atoms with van der Waals surface area (Å²) in [6.45, 7) is 2.04. The van der Waals surface area contributed by atoms with E-state index in [-0.39, 0.29) is 19.4 Å². The third-order valence-corrected chi connectivity index (χ3v) is 5.15. The predicted molar refractivity (Wildman–Crippen MR) is 93.2 cm³/mol. The Bertz CT molecular complexity index is 908. The molecular formula is C20H19NO5. The molecule has 3 aliphatic heterocycles. The van der Waals surface area contributed by atoms with Gasteiger partial charge in [-0.25, -0.2) is 0 Å². The fourth-order valence-electron chi connectivity index (χ4n) is 3.74. The van der Waals surface area contributed by atoms with Gasteiger partial charge in [0, 0.05) is 25.1 Å². The lowest BCUT2D eigenvalue weighted by atomic mass is 9.92. The monoisotopic (exact) mass is 353 g/mol. The van der Waals surface area contributed by atoms with Crippen molar-refractivity contribution < 1.29 is 23.7 Å². The number of benzene rings is 2. The Balaban J connectivity index is 1.59. The zero-order chi connectivity index (χ0) is 17.7. The first-order valence-corrected chi connectivity index (χ1v) is 8.73. The smallest absolute Gasteiger partial charge is 0.231 e. The van der Waals surface area contributed by atoms with Crippen LogP contribution in [-0.4, -0.2) is 37.9 Å². The molecule has 3 aliphatic rings. The number of ether oxygens (including phenoxy) is 4. The minimum absolute atomic E-state index is 0.0861. The molecule has 0 spiro atoms. The molecule has 6 heteroatoms. The summed E-state index contributed by atoms with van der Waals surface area (Å²) in [6, 6.07) is 7.72. The maximum Gasteiger partial charge on any atom is 0.231 e. The van der Waals surface area contributed by atoms with Crippen LogP contribution in [0.5, 0.6) is 23.0 Å². The number of Topliss-reactive ketones (excluding diaryl/α,β-unsaturated/α-hetero) is 1. The van der Waals surface area contributed by atoms with Crippen LogP contribution in [0.15, 0.2) is 24.3 Å². The molecule has 2 aromatic rings. The molecule has 0 aromatic heterocycles. The minimum atomic E-state index is 0.0861. The van der Waals surface area contributed by atoms with Crippen LogP contribution in [0.4, 0.5) is 0 Å². The van der Waals surface area contributed by atoms with Crippen LogP contribution >= 0.6 is 0 Å². The maximum absolute atomic E-state index is 13.1. The van der Waals surface area contributed by atoms with E-state index in [9.17, 15) is 4.79 Å². The zero-order valence-electron chi connectivity index (χ0n) is 14.5. The number of nitrogens with zero attached hydrogens (tertiary/aromatic N) is 1. The summed E-state index contributed by atoms with van der Waals surface area (Å²) in [5.74, 6) is 2.92. The van der Waals surface area contributed by atoms with E-state index in [1.54, 1.807) is 0 Å². The highest BCUT2D eigenvalue weighted by molar-refractivity contribution is 6.00. The number of ketones is 1. The molecule has 0 saturated carbocycles. The molecule has 5 rings (SSSR count). The lowest BCUT2D eigenvalue weighted by Crippen LogP contribution is -2.24. The van der Waals surface area contributed by atoms with Gasteiger partial charge in [0.25, 0.3) is 0 Å². The van der Waals surface area contributed by atoms with Gasteiger partial charge in [0.15, 0.2) is 28.8 Å². The molecule has 26 heavy (non-hydrogen) atoms. The molecule has 0 fully saturated rings. The van der Waals surface area contributed by atoms with Gasteiger partial charge in [0.1, 0.15) is 0 Å². The first kappa shape index (κ1) is 15.5. The number of carbonyl (C=O) groups excluding carboxylic acids is 1. The minimum Gasteiger partial charge on any atom is -0.454 e. The Morgan fingerprint density at radius 2 is 1.38 bits per heavy atom. The molecule has 134 valence electrons. The van der Waals surface area contributed by atoms with Gasteiger partial charge < -0.3 is 23.8 Å². The maximum atomic E-state index is 13.1. The number of likely N-dealkylation sites (N-methyl/N-ethyl adjacent to an activating group) is 1. The molecule has 0 N–H and O–H groups in total.